The van der Waals surface area contributed by atoms with Crippen molar-refractivity contribution in [1.29, 1.82) is 0 Å². The Kier molecular flexibility index (Phi) is 13.4. The van der Waals surface area contributed by atoms with Crippen molar-refractivity contribution >= 4 is 56.6 Å². The fourth-order valence-electron chi connectivity index (χ4n) is 7.04. The van der Waals surface area contributed by atoms with E-state index in [4.69, 9.17) is 5.11 Å². The van der Waals surface area contributed by atoms with Crippen LogP contribution in [0, 0.1) is 0 Å². The number of nitrogens with one attached hydrogen (secondary N) is 1. The van der Waals surface area contributed by atoms with Crippen LogP contribution in [0.3, 0.4) is 0 Å². The summed E-state index contributed by atoms with van der Waals surface area (Å²) in [6, 6.07) is 76.3. The third-order valence-electron chi connectivity index (χ3n) is 9.97. The van der Waals surface area contributed by atoms with Crippen molar-refractivity contribution in [3.05, 3.63) is 253 Å². The predicted molar refractivity (Wildman–Crippen MR) is 249 cm³/mol. The van der Waals surface area contributed by atoms with Crippen molar-refractivity contribution in [3.63, 3.8) is 0 Å². The number of hydrogen-bond acceptors (Lipinski definition) is 5. The van der Waals surface area contributed by atoms with Crippen LogP contribution in [0.15, 0.2) is 237 Å². The minimum absolute atomic E-state index is 0.160. The Morgan fingerprint density at radius 2 is 0.803 bits per heavy atom. The molecule has 0 aliphatic rings. The molecule has 7 heteroatoms. The van der Waals surface area contributed by atoms with Crippen molar-refractivity contribution in [2.45, 2.75) is 0 Å². The lowest BCUT2D eigenvalue weighted by Crippen LogP contribution is -2.38. The number of carbonyl (C=O) groups excluding carboxylic acids is 2. The molecule has 1 amide bonds. The summed E-state index contributed by atoms with van der Waals surface area (Å²) >= 11 is 0. The van der Waals surface area contributed by atoms with Crippen molar-refractivity contribution in [1.82, 2.24) is 0 Å². The first kappa shape index (κ1) is 41.4. The molecule has 61 heavy (non-hydrogen) atoms. The summed E-state index contributed by atoms with van der Waals surface area (Å²) in [5.74, 6) is -1.36. The molecular weight excluding hydrogens is 774 g/mol. The standard InChI is InChI=1S/C24H20P.C17H13NO2.C13H10O3/c1-5-13-21(14-6-1)25(22-15-7-2-8-16-22,23-17-9-3-10-18-23)24-19-11-4-12-20-24;19-16-11-13-7-5-4-6-12(13)10-15(16)17(20)18-14-8-2-1-3-9-14;14-11-7-6-10(8-12(11)15)13(16)9-4-2-1-3-5-9/h1-20H;1-11,19H,(H,18,20);1-8,14-15H/q+1;;/p-1. The molecule has 0 radical (unpaired) electrons. The van der Waals surface area contributed by atoms with Crippen LogP contribution in [0.2, 0.25) is 0 Å². The van der Waals surface area contributed by atoms with Gasteiger partial charge in [-0.2, -0.15) is 0 Å². The number of phenols is 2. The number of para-hydroxylation sites is 1. The quantitative estimate of drug-likeness (QED) is 0.0804. The fraction of sp³-hybridized carbons (Fsp3) is 0. The highest BCUT2D eigenvalue weighted by atomic mass is 31.2. The van der Waals surface area contributed by atoms with Crippen LogP contribution in [0.25, 0.3) is 10.8 Å². The van der Waals surface area contributed by atoms with Crippen LogP contribution in [-0.4, -0.2) is 21.9 Å². The summed E-state index contributed by atoms with van der Waals surface area (Å²) in [7, 11) is -1.91. The highest BCUT2D eigenvalue weighted by Crippen LogP contribution is 2.54. The maximum absolute atomic E-state index is 12.2. The number of carbonyl (C=O) groups is 2. The Morgan fingerprint density at radius 1 is 0.410 bits per heavy atom. The van der Waals surface area contributed by atoms with E-state index in [2.05, 4.69) is 127 Å². The first-order chi connectivity index (χ1) is 29.8. The lowest BCUT2D eigenvalue weighted by atomic mass is 10.0. The number of amides is 1. The first-order valence-electron chi connectivity index (χ1n) is 19.6. The molecule has 298 valence electrons. The van der Waals surface area contributed by atoms with E-state index in [1.54, 1.807) is 42.5 Å². The van der Waals surface area contributed by atoms with Gasteiger partial charge in [-0.25, -0.2) is 0 Å². The van der Waals surface area contributed by atoms with Gasteiger partial charge in [0.15, 0.2) is 17.3 Å². The van der Waals surface area contributed by atoms with Crippen LogP contribution in [0.5, 0.6) is 17.2 Å². The largest absolute Gasteiger partial charge is 0.872 e. The molecule has 9 rings (SSSR count). The molecule has 0 unspecified atom stereocenters. The summed E-state index contributed by atoms with van der Waals surface area (Å²) in [4.78, 5) is 24.1. The van der Waals surface area contributed by atoms with Crippen LogP contribution < -0.4 is 31.6 Å². The van der Waals surface area contributed by atoms with Gasteiger partial charge in [0.2, 0.25) is 0 Å². The maximum Gasteiger partial charge on any atom is 0.255 e. The van der Waals surface area contributed by atoms with Crippen molar-refractivity contribution < 1.29 is 24.9 Å². The van der Waals surface area contributed by atoms with Gasteiger partial charge in [-0.05, 0) is 95.7 Å². The third kappa shape index (κ3) is 9.75. The van der Waals surface area contributed by atoms with Gasteiger partial charge in [0.1, 0.15) is 28.5 Å². The average Bonchev–Trinajstić information content (AvgIpc) is 3.32. The van der Waals surface area contributed by atoms with E-state index < -0.39 is 7.26 Å². The summed E-state index contributed by atoms with van der Waals surface area (Å²) in [5, 5.41) is 40.4. The van der Waals surface area contributed by atoms with Crippen molar-refractivity contribution in [3.8, 4) is 17.2 Å². The molecule has 0 saturated heterocycles. The minimum Gasteiger partial charge on any atom is -0.872 e. The second-order valence-corrected chi connectivity index (χ2v) is 17.3. The van der Waals surface area contributed by atoms with Crippen molar-refractivity contribution in [2.75, 3.05) is 5.32 Å². The monoisotopic (exact) mass is 815 g/mol. The Bertz CT molecular complexity index is 2660. The number of phenolic OH excluding ortho intramolecular Hbond substituents is 2. The first-order valence-corrected chi connectivity index (χ1v) is 21.4. The summed E-state index contributed by atoms with van der Waals surface area (Å²) in [5.41, 5.74) is 1.73. The summed E-state index contributed by atoms with van der Waals surface area (Å²) < 4.78 is 0. The minimum atomic E-state index is -1.91. The molecule has 0 heterocycles. The maximum atomic E-state index is 12.2. The third-order valence-corrected chi connectivity index (χ3v) is 14.3. The van der Waals surface area contributed by atoms with E-state index in [1.165, 1.54) is 45.5 Å². The zero-order valence-corrected chi connectivity index (χ0v) is 34.0. The van der Waals surface area contributed by atoms with Gasteiger partial charge >= 0.3 is 0 Å². The molecule has 6 nitrogen and oxygen atoms in total. The summed E-state index contributed by atoms with van der Waals surface area (Å²) in [6.45, 7) is 0. The molecule has 0 saturated carbocycles. The SMILES string of the molecule is O=C(Nc1ccccc1)c1cc2ccccc2cc1[O-].O=C(c1ccccc1)c1ccc(O)c(O)c1.c1ccc([P+](c2ccccc2)(c2ccccc2)c2ccccc2)cc1. The molecule has 0 bridgehead atoms. The van der Waals surface area contributed by atoms with Gasteiger partial charge < -0.3 is 20.6 Å². The second-order valence-electron chi connectivity index (χ2n) is 13.9. The normalized spacial score (nSPS) is 10.6. The van der Waals surface area contributed by atoms with Crippen LogP contribution in [-0.2, 0) is 0 Å². The van der Waals surface area contributed by atoms with E-state index in [0.717, 1.165) is 10.8 Å². The number of ketones is 1. The van der Waals surface area contributed by atoms with E-state index in [-0.39, 0.29) is 34.5 Å². The van der Waals surface area contributed by atoms with E-state index in [0.29, 0.717) is 16.8 Å². The molecule has 3 N–H and O–H groups in total. The number of anilines is 1. The molecule has 0 aliphatic carbocycles. The van der Waals surface area contributed by atoms with Gasteiger partial charge in [-0.3, -0.25) is 9.59 Å². The molecule has 9 aromatic rings. The highest BCUT2D eigenvalue weighted by Gasteiger charge is 2.47. The molecule has 0 aromatic heterocycles. The average molecular weight is 816 g/mol. The molecular formula is C54H42NO5P. The van der Waals surface area contributed by atoms with Gasteiger partial charge in [-0.15, -0.1) is 0 Å². The molecule has 0 spiro atoms. The molecule has 9 aromatic carbocycles. The Hall–Kier alpha value is -7.79. The Balaban J connectivity index is 0.000000142. The number of fused-ring (bicyclic) bond motifs is 1. The Morgan fingerprint density at radius 3 is 1.25 bits per heavy atom. The number of hydrogen-bond donors (Lipinski definition) is 3. The van der Waals surface area contributed by atoms with E-state index in [1.807, 2.05) is 48.5 Å². The molecule has 0 aliphatic heterocycles. The van der Waals surface area contributed by atoms with Gasteiger partial charge in [0.05, 0.1) is 0 Å². The molecule has 0 atom stereocenters. The van der Waals surface area contributed by atoms with Gasteiger partial charge in [-0.1, -0.05) is 157 Å². The van der Waals surface area contributed by atoms with E-state index in [9.17, 15) is 19.8 Å². The Labute approximate surface area is 356 Å². The van der Waals surface area contributed by atoms with Crippen molar-refractivity contribution in [2.24, 2.45) is 0 Å². The summed E-state index contributed by atoms with van der Waals surface area (Å²) in [6.07, 6.45) is 0. The number of aromatic hydroxyl groups is 2. The smallest absolute Gasteiger partial charge is 0.255 e. The zero-order valence-electron chi connectivity index (χ0n) is 33.1. The number of benzene rings is 9. The van der Waals surface area contributed by atoms with E-state index >= 15 is 0 Å². The van der Waals surface area contributed by atoms with Crippen LogP contribution >= 0.6 is 7.26 Å². The predicted octanol–water partition coefficient (Wildman–Crippen LogP) is 9.80. The van der Waals surface area contributed by atoms with Crippen LogP contribution in [0.4, 0.5) is 5.69 Å². The lowest BCUT2D eigenvalue weighted by molar-refractivity contribution is -0.268. The topological polar surface area (TPSA) is 110 Å². The van der Waals surface area contributed by atoms with Gasteiger partial charge in [0.25, 0.3) is 5.91 Å². The number of rotatable bonds is 8. The highest BCUT2D eigenvalue weighted by molar-refractivity contribution is 8.01. The fourth-order valence-corrected chi connectivity index (χ4v) is 11.3. The van der Waals surface area contributed by atoms with Gasteiger partial charge in [0, 0.05) is 22.4 Å². The second kappa shape index (κ2) is 19.8. The lowest BCUT2D eigenvalue weighted by Gasteiger charge is -2.27. The molecule has 0 fully saturated rings. The zero-order chi connectivity index (χ0) is 42.4. The van der Waals surface area contributed by atoms with Crippen LogP contribution in [0.1, 0.15) is 26.3 Å².